The molecular weight excluding hydrogens is 302 g/mol. The highest BCUT2D eigenvalue weighted by Crippen LogP contribution is 2.26. The van der Waals surface area contributed by atoms with Gasteiger partial charge in [-0.1, -0.05) is 11.6 Å². The maximum absolute atomic E-state index is 5.96. The number of aromatic nitrogens is 2. The van der Waals surface area contributed by atoms with Crippen LogP contribution < -0.4 is 5.73 Å². The lowest BCUT2D eigenvalue weighted by atomic mass is 10.2. The molecule has 0 saturated carbocycles. The molecule has 2 aromatic rings. The predicted molar refractivity (Wildman–Crippen MR) is 73.6 cm³/mol. The van der Waals surface area contributed by atoms with Gasteiger partial charge in [-0.05, 0) is 53.5 Å². The molecule has 2 N–H and O–H groups in total. The number of nitrogens with zero attached hydrogens (tertiary/aromatic N) is 2. The molecule has 0 amide bonds. The summed E-state index contributed by atoms with van der Waals surface area (Å²) in [4.78, 5) is 0. The minimum absolute atomic E-state index is 0.436. The lowest BCUT2D eigenvalue weighted by Gasteiger charge is -2.10. The zero-order valence-electron chi connectivity index (χ0n) is 9.67. The molecule has 0 saturated heterocycles. The highest BCUT2D eigenvalue weighted by molar-refractivity contribution is 9.10. The van der Waals surface area contributed by atoms with Crippen LogP contribution >= 0.6 is 27.5 Å². The summed E-state index contributed by atoms with van der Waals surface area (Å²) in [5, 5.41) is 5.18. The quantitative estimate of drug-likeness (QED) is 0.923. The molecule has 2 rings (SSSR count). The van der Waals surface area contributed by atoms with E-state index in [2.05, 4.69) is 21.0 Å². The summed E-state index contributed by atoms with van der Waals surface area (Å²) in [5.74, 6) is 0. The van der Waals surface area contributed by atoms with Gasteiger partial charge in [0, 0.05) is 11.6 Å². The smallest absolute Gasteiger partial charge is 0.0743 e. The van der Waals surface area contributed by atoms with E-state index in [4.69, 9.17) is 17.3 Å². The third-order valence-corrected chi connectivity index (χ3v) is 4.08. The van der Waals surface area contributed by atoms with Gasteiger partial charge in [0.15, 0.2) is 0 Å². The van der Waals surface area contributed by atoms with Gasteiger partial charge in [0.1, 0.15) is 0 Å². The number of nitrogens with two attached hydrogens (primary N) is 1. The first kappa shape index (κ1) is 12.6. The maximum Gasteiger partial charge on any atom is 0.0743 e. The van der Waals surface area contributed by atoms with Crippen molar-refractivity contribution in [1.82, 2.24) is 9.78 Å². The van der Waals surface area contributed by atoms with Crippen LogP contribution in [0.25, 0.3) is 5.69 Å². The van der Waals surface area contributed by atoms with E-state index in [9.17, 15) is 0 Å². The average molecular weight is 315 g/mol. The Labute approximate surface area is 114 Å². The molecule has 0 spiro atoms. The number of hydrogen-bond acceptors (Lipinski definition) is 2. The molecule has 1 aromatic carbocycles. The average Bonchev–Trinajstić information content (AvgIpc) is 2.57. The van der Waals surface area contributed by atoms with Crippen LogP contribution in [0.2, 0.25) is 5.02 Å². The third kappa shape index (κ3) is 2.25. The van der Waals surface area contributed by atoms with Crippen LogP contribution in [-0.2, 0) is 6.54 Å². The van der Waals surface area contributed by atoms with Crippen LogP contribution in [0.3, 0.4) is 0 Å². The molecule has 5 heteroatoms. The van der Waals surface area contributed by atoms with E-state index < -0.39 is 0 Å². The highest BCUT2D eigenvalue weighted by Gasteiger charge is 2.12. The van der Waals surface area contributed by atoms with Gasteiger partial charge >= 0.3 is 0 Å². The van der Waals surface area contributed by atoms with Crippen LogP contribution in [0.1, 0.15) is 17.0 Å². The predicted octanol–water partition coefficient (Wildman–Crippen LogP) is 3.36. The van der Waals surface area contributed by atoms with E-state index in [0.717, 1.165) is 27.1 Å². The van der Waals surface area contributed by atoms with E-state index in [0.29, 0.717) is 11.6 Å². The molecule has 1 heterocycles. The molecule has 0 unspecified atom stereocenters. The summed E-state index contributed by atoms with van der Waals surface area (Å²) in [7, 11) is 0. The second-order valence-electron chi connectivity index (χ2n) is 3.87. The molecule has 0 atom stereocenters. The Morgan fingerprint density at radius 2 is 2.12 bits per heavy atom. The minimum atomic E-state index is 0.436. The molecule has 0 radical (unpaired) electrons. The molecule has 1 aromatic heterocycles. The van der Waals surface area contributed by atoms with Crippen LogP contribution in [-0.4, -0.2) is 9.78 Å². The lowest BCUT2D eigenvalue weighted by Crippen LogP contribution is -2.07. The lowest BCUT2D eigenvalue weighted by molar-refractivity contribution is 0.817. The Hall–Kier alpha value is -0.840. The second-order valence-corrected chi connectivity index (χ2v) is 5.10. The van der Waals surface area contributed by atoms with E-state index in [1.807, 2.05) is 36.7 Å². The SMILES string of the molecule is Cc1nn(-c2ccc(Cl)cc2CN)c(C)c1Br. The Kier molecular flexibility index (Phi) is 3.56. The Bertz CT molecular complexity index is 563. The molecule has 17 heavy (non-hydrogen) atoms. The summed E-state index contributed by atoms with van der Waals surface area (Å²) in [6, 6.07) is 5.66. The van der Waals surface area contributed by atoms with Crippen molar-refractivity contribution in [2.75, 3.05) is 0 Å². The maximum atomic E-state index is 5.96. The van der Waals surface area contributed by atoms with Crippen molar-refractivity contribution in [3.63, 3.8) is 0 Å². The van der Waals surface area contributed by atoms with Crippen molar-refractivity contribution in [1.29, 1.82) is 0 Å². The fourth-order valence-corrected chi connectivity index (χ4v) is 2.22. The second kappa shape index (κ2) is 4.80. The summed E-state index contributed by atoms with van der Waals surface area (Å²) >= 11 is 9.48. The van der Waals surface area contributed by atoms with Gasteiger partial charge in [-0.2, -0.15) is 5.10 Å². The van der Waals surface area contributed by atoms with Crippen molar-refractivity contribution in [2.45, 2.75) is 20.4 Å². The summed E-state index contributed by atoms with van der Waals surface area (Å²) < 4.78 is 2.91. The summed E-state index contributed by atoms with van der Waals surface area (Å²) in [5.41, 5.74) is 9.71. The molecule has 0 fully saturated rings. The molecule has 90 valence electrons. The fraction of sp³-hybridized carbons (Fsp3) is 0.250. The van der Waals surface area contributed by atoms with Crippen molar-refractivity contribution in [2.24, 2.45) is 5.73 Å². The van der Waals surface area contributed by atoms with Crippen LogP contribution in [0.5, 0.6) is 0 Å². The molecular formula is C12H13BrClN3. The Morgan fingerprint density at radius 1 is 1.41 bits per heavy atom. The van der Waals surface area contributed by atoms with E-state index >= 15 is 0 Å². The van der Waals surface area contributed by atoms with Gasteiger partial charge in [0.25, 0.3) is 0 Å². The third-order valence-electron chi connectivity index (χ3n) is 2.69. The zero-order valence-corrected chi connectivity index (χ0v) is 12.0. The largest absolute Gasteiger partial charge is 0.326 e. The van der Waals surface area contributed by atoms with Gasteiger partial charge in [-0.25, -0.2) is 4.68 Å². The van der Waals surface area contributed by atoms with E-state index in [1.54, 1.807) is 0 Å². The van der Waals surface area contributed by atoms with Crippen molar-refractivity contribution in [3.05, 3.63) is 44.6 Å². The van der Waals surface area contributed by atoms with Gasteiger partial charge < -0.3 is 5.73 Å². The molecule has 3 nitrogen and oxygen atoms in total. The highest BCUT2D eigenvalue weighted by atomic mass is 79.9. The van der Waals surface area contributed by atoms with E-state index in [-0.39, 0.29) is 0 Å². The topological polar surface area (TPSA) is 43.8 Å². The first-order valence-corrected chi connectivity index (χ1v) is 6.42. The molecule has 0 aliphatic rings. The van der Waals surface area contributed by atoms with Gasteiger partial charge in [-0.15, -0.1) is 0 Å². The van der Waals surface area contributed by atoms with Crippen molar-refractivity contribution in [3.8, 4) is 5.69 Å². The van der Waals surface area contributed by atoms with Crippen molar-refractivity contribution < 1.29 is 0 Å². The van der Waals surface area contributed by atoms with Gasteiger partial charge in [0.05, 0.1) is 21.5 Å². The normalized spacial score (nSPS) is 10.9. The van der Waals surface area contributed by atoms with E-state index in [1.165, 1.54) is 0 Å². The summed E-state index contributed by atoms with van der Waals surface area (Å²) in [6.45, 7) is 4.41. The van der Waals surface area contributed by atoms with Gasteiger partial charge in [-0.3, -0.25) is 0 Å². The monoisotopic (exact) mass is 313 g/mol. The zero-order chi connectivity index (χ0) is 12.6. The molecule has 0 aliphatic carbocycles. The fourth-order valence-electron chi connectivity index (χ4n) is 1.78. The number of rotatable bonds is 2. The number of halogens is 2. The molecule has 0 bridgehead atoms. The first-order valence-electron chi connectivity index (χ1n) is 5.25. The van der Waals surface area contributed by atoms with Gasteiger partial charge in [0.2, 0.25) is 0 Å². The van der Waals surface area contributed by atoms with Crippen LogP contribution in [0.4, 0.5) is 0 Å². The Balaban J connectivity index is 2.64. The molecule has 0 aliphatic heterocycles. The number of aryl methyl sites for hydroxylation is 1. The Morgan fingerprint density at radius 3 is 2.65 bits per heavy atom. The summed E-state index contributed by atoms with van der Waals surface area (Å²) in [6.07, 6.45) is 0. The number of hydrogen-bond donors (Lipinski definition) is 1. The first-order chi connectivity index (χ1) is 8.04. The van der Waals surface area contributed by atoms with Crippen molar-refractivity contribution >= 4 is 27.5 Å². The standard InChI is InChI=1S/C12H13BrClN3/c1-7-12(13)8(2)17(16-7)11-4-3-10(14)5-9(11)6-15/h3-5H,6,15H2,1-2H3. The minimum Gasteiger partial charge on any atom is -0.326 e. The number of benzene rings is 1. The van der Waals surface area contributed by atoms with Crippen LogP contribution in [0.15, 0.2) is 22.7 Å². The van der Waals surface area contributed by atoms with Crippen LogP contribution in [0, 0.1) is 13.8 Å².